The van der Waals surface area contributed by atoms with Crippen molar-refractivity contribution in [1.82, 2.24) is 9.36 Å². The van der Waals surface area contributed by atoms with E-state index in [9.17, 15) is 15.3 Å². The molecule has 0 aliphatic carbocycles. The van der Waals surface area contributed by atoms with Crippen molar-refractivity contribution in [2.75, 3.05) is 13.7 Å². The number of nitrogens with zero attached hydrogens (tertiary/aromatic N) is 2. The summed E-state index contributed by atoms with van der Waals surface area (Å²) in [5.74, 6) is 0. The quantitative estimate of drug-likeness (QED) is 0.505. The fourth-order valence-electron chi connectivity index (χ4n) is 1.97. The fraction of sp³-hybridized carbons (Fsp3) is 0.778. The van der Waals surface area contributed by atoms with Crippen LogP contribution in [0.25, 0.3) is 0 Å². The average molecular weight is 277 g/mol. The van der Waals surface area contributed by atoms with Crippen LogP contribution in [-0.4, -0.2) is 56.5 Å². The summed E-state index contributed by atoms with van der Waals surface area (Å²) in [7, 11) is 1.38. The van der Waals surface area contributed by atoms with E-state index in [1.54, 1.807) is 0 Å². The summed E-state index contributed by atoms with van der Waals surface area (Å²) < 4.78 is 14.0. The number of ether oxygens (including phenoxy) is 2. The molecule has 0 spiro atoms. The summed E-state index contributed by atoms with van der Waals surface area (Å²) in [6.07, 6.45) is -0.872. The normalized spacial score (nSPS) is 40.9. The molecule has 1 aliphatic rings. The molecular formula is C9H15N3O5S. The molecule has 1 saturated heterocycles. The van der Waals surface area contributed by atoms with E-state index in [0.717, 1.165) is 11.5 Å². The van der Waals surface area contributed by atoms with E-state index in [1.807, 2.05) is 0 Å². The summed E-state index contributed by atoms with van der Waals surface area (Å²) in [5.41, 5.74) is 1.92. The van der Waals surface area contributed by atoms with Crippen LogP contribution in [0.15, 0.2) is 6.33 Å². The third kappa shape index (κ3) is 1.84. The molecule has 102 valence electrons. The number of rotatable bonds is 3. The second-order valence-electron chi connectivity index (χ2n) is 4.10. The van der Waals surface area contributed by atoms with Crippen LogP contribution in [0.2, 0.25) is 0 Å². The molecule has 1 fully saturated rings. The molecule has 8 nitrogen and oxygen atoms in total. The van der Waals surface area contributed by atoms with E-state index in [4.69, 9.17) is 15.2 Å². The zero-order valence-electron chi connectivity index (χ0n) is 9.68. The third-order valence-electron chi connectivity index (χ3n) is 3.07. The lowest BCUT2D eigenvalue weighted by Gasteiger charge is -2.49. The molecule has 0 aromatic carbocycles. The number of nitrogens with two attached hydrogens (primary N) is 1. The van der Waals surface area contributed by atoms with Crippen LogP contribution in [0.5, 0.6) is 0 Å². The van der Waals surface area contributed by atoms with Gasteiger partial charge in [-0.2, -0.15) is 4.37 Å². The molecule has 9 heteroatoms. The molecule has 0 amide bonds. The predicted molar refractivity (Wildman–Crippen MR) is 60.3 cm³/mol. The van der Waals surface area contributed by atoms with Gasteiger partial charge < -0.3 is 24.8 Å². The first kappa shape index (κ1) is 13.7. The van der Waals surface area contributed by atoms with Gasteiger partial charge in [0, 0.05) is 13.5 Å². The second-order valence-corrected chi connectivity index (χ2v) is 4.88. The highest BCUT2D eigenvalue weighted by Crippen LogP contribution is 2.42. The van der Waals surface area contributed by atoms with E-state index in [0.29, 0.717) is 0 Å². The number of hydrogen-bond donors (Lipinski definition) is 4. The van der Waals surface area contributed by atoms with Crippen LogP contribution < -0.4 is 5.73 Å². The first-order valence-electron chi connectivity index (χ1n) is 5.26. The van der Waals surface area contributed by atoms with Gasteiger partial charge in [0.1, 0.15) is 6.33 Å². The maximum absolute atomic E-state index is 10.6. The van der Waals surface area contributed by atoms with Crippen LogP contribution in [0.1, 0.15) is 11.4 Å². The van der Waals surface area contributed by atoms with Gasteiger partial charge in [-0.15, -0.1) is 0 Å². The summed E-state index contributed by atoms with van der Waals surface area (Å²) in [6, 6.07) is 0. The van der Waals surface area contributed by atoms with Crippen molar-refractivity contribution in [2.45, 2.75) is 30.1 Å². The minimum absolute atomic E-state index is 0.00549. The van der Waals surface area contributed by atoms with Gasteiger partial charge in [-0.05, 0) is 11.5 Å². The molecular weight excluding hydrogens is 262 g/mol. The van der Waals surface area contributed by atoms with E-state index in [2.05, 4.69) is 9.36 Å². The Bertz CT molecular complexity index is 405. The maximum atomic E-state index is 10.6. The summed E-state index contributed by atoms with van der Waals surface area (Å²) in [5, 5.41) is 30.2. The number of aromatic nitrogens is 2. The highest BCUT2D eigenvalue weighted by Gasteiger charge is 2.61. The maximum Gasteiger partial charge on any atom is 0.188 e. The van der Waals surface area contributed by atoms with Gasteiger partial charge in [0.15, 0.2) is 22.6 Å². The Morgan fingerprint density at radius 3 is 2.94 bits per heavy atom. The SMILES string of the molecule is COC1CC(O)C(O)(c2ncns2)C(N)(CO)O1. The van der Waals surface area contributed by atoms with Gasteiger partial charge >= 0.3 is 0 Å². The smallest absolute Gasteiger partial charge is 0.188 e. The Morgan fingerprint density at radius 1 is 1.72 bits per heavy atom. The topological polar surface area (TPSA) is 131 Å². The molecule has 1 aromatic rings. The van der Waals surface area contributed by atoms with Crippen molar-refractivity contribution in [1.29, 1.82) is 0 Å². The minimum atomic E-state index is -2.03. The molecule has 0 radical (unpaired) electrons. The van der Waals surface area contributed by atoms with Crippen LogP contribution in [0, 0.1) is 0 Å². The van der Waals surface area contributed by atoms with Gasteiger partial charge in [0.2, 0.25) is 0 Å². The van der Waals surface area contributed by atoms with E-state index < -0.39 is 30.3 Å². The average Bonchev–Trinajstić information content (AvgIpc) is 2.89. The minimum Gasteiger partial charge on any atom is -0.392 e. The molecule has 2 heterocycles. The van der Waals surface area contributed by atoms with Crippen molar-refractivity contribution >= 4 is 11.5 Å². The molecule has 4 atom stereocenters. The van der Waals surface area contributed by atoms with E-state index in [1.165, 1.54) is 13.4 Å². The molecule has 5 N–H and O–H groups in total. The Balaban J connectivity index is 2.43. The molecule has 1 aliphatic heterocycles. The van der Waals surface area contributed by atoms with Gasteiger partial charge in [-0.25, -0.2) is 4.98 Å². The lowest BCUT2D eigenvalue weighted by atomic mass is 9.82. The van der Waals surface area contributed by atoms with Gasteiger partial charge in [0.05, 0.1) is 12.7 Å². The van der Waals surface area contributed by atoms with Crippen LogP contribution in [-0.2, 0) is 15.1 Å². The van der Waals surface area contributed by atoms with Crippen molar-refractivity contribution in [3.05, 3.63) is 11.3 Å². The summed E-state index contributed by atoms with van der Waals surface area (Å²) in [6.45, 7) is -0.708. The van der Waals surface area contributed by atoms with E-state index >= 15 is 0 Å². The molecule has 2 rings (SSSR count). The van der Waals surface area contributed by atoms with Crippen molar-refractivity contribution in [2.24, 2.45) is 5.73 Å². The molecule has 1 aromatic heterocycles. The van der Waals surface area contributed by atoms with Crippen molar-refractivity contribution in [3.63, 3.8) is 0 Å². The Morgan fingerprint density at radius 2 is 2.44 bits per heavy atom. The monoisotopic (exact) mass is 277 g/mol. The van der Waals surface area contributed by atoms with Gasteiger partial charge in [0.25, 0.3) is 0 Å². The summed E-state index contributed by atoms with van der Waals surface area (Å²) in [4.78, 5) is 3.84. The van der Waals surface area contributed by atoms with Gasteiger partial charge in [-0.3, -0.25) is 5.73 Å². The molecule has 18 heavy (non-hydrogen) atoms. The van der Waals surface area contributed by atoms with E-state index in [-0.39, 0.29) is 11.4 Å². The Hall–Kier alpha value is -0.680. The third-order valence-corrected chi connectivity index (χ3v) is 3.86. The Labute approximate surface area is 107 Å². The number of hydrogen-bond acceptors (Lipinski definition) is 9. The van der Waals surface area contributed by atoms with Crippen molar-refractivity contribution in [3.8, 4) is 0 Å². The highest BCUT2D eigenvalue weighted by atomic mass is 32.1. The van der Waals surface area contributed by atoms with Crippen LogP contribution in [0.4, 0.5) is 0 Å². The lowest BCUT2D eigenvalue weighted by molar-refractivity contribution is -0.338. The number of methoxy groups -OCH3 is 1. The summed E-state index contributed by atoms with van der Waals surface area (Å²) >= 11 is 0.875. The van der Waals surface area contributed by atoms with Crippen LogP contribution >= 0.6 is 11.5 Å². The first-order valence-corrected chi connectivity index (χ1v) is 6.03. The standard InChI is InChI=1S/C9H15N3O5S/c1-16-6-2-5(14)9(15,7-11-4-12-18-7)8(10,3-13)17-6/h4-6,13-15H,2-3,10H2,1H3. The molecule has 0 saturated carbocycles. The first-order chi connectivity index (χ1) is 8.48. The molecule has 4 unspecified atom stereocenters. The fourth-order valence-corrected chi connectivity index (χ4v) is 2.71. The highest BCUT2D eigenvalue weighted by molar-refractivity contribution is 7.05. The largest absolute Gasteiger partial charge is 0.392 e. The predicted octanol–water partition coefficient (Wildman–Crippen LogP) is -1.87. The number of aliphatic hydroxyl groups is 3. The number of aliphatic hydroxyl groups excluding tert-OH is 2. The zero-order valence-corrected chi connectivity index (χ0v) is 10.5. The van der Waals surface area contributed by atoms with Crippen molar-refractivity contribution < 1.29 is 24.8 Å². The zero-order chi connectivity index (χ0) is 13.4. The van der Waals surface area contributed by atoms with Gasteiger partial charge in [-0.1, -0.05) is 0 Å². The second kappa shape index (κ2) is 4.78. The molecule has 0 bridgehead atoms. The Kier molecular flexibility index (Phi) is 3.65. The lowest BCUT2D eigenvalue weighted by Crippen LogP contribution is -2.71. The van der Waals surface area contributed by atoms with Crippen LogP contribution in [0.3, 0.4) is 0 Å².